The predicted molar refractivity (Wildman–Crippen MR) is 129 cm³/mol. The molecule has 4 rings (SSSR count). The normalized spacial score (nSPS) is 10.5. The molecule has 172 valence electrons. The first-order valence-corrected chi connectivity index (χ1v) is 11.0. The monoisotopic (exact) mass is 456 g/mol. The summed E-state index contributed by atoms with van der Waals surface area (Å²) in [6, 6.07) is 24.1. The molecule has 0 saturated heterocycles. The van der Waals surface area contributed by atoms with Gasteiger partial charge in [-0.15, -0.1) is 0 Å². The maximum atomic E-state index is 12.8. The highest BCUT2D eigenvalue weighted by molar-refractivity contribution is 6.00. The molecule has 4 aromatic rings. The molecule has 0 atom stereocenters. The second kappa shape index (κ2) is 10.5. The Morgan fingerprint density at radius 2 is 1.00 bits per heavy atom. The van der Waals surface area contributed by atoms with E-state index in [4.69, 9.17) is 18.9 Å². The topological polar surface area (TPSA) is 71.1 Å². The van der Waals surface area contributed by atoms with Crippen molar-refractivity contribution < 1.29 is 28.5 Å². The minimum Gasteiger partial charge on any atom is -0.494 e. The van der Waals surface area contributed by atoms with E-state index in [1.54, 1.807) is 72.8 Å². The Morgan fingerprint density at radius 3 is 1.38 bits per heavy atom. The van der Waals surface area contributed by atoms with Gasteiger partial charge in [0.1, 0.15) is 23.0 Å². The van der Waals surface area contributed by atoms with Crippen LogP contribution in [-0.4, -0.2) is 25.2 Å². The average molecular weight is 456 g/mol. The molecule has 0 fully saturated rings. The summed E-state index contributed by atoms with van der Waals surface area (Å²) in [6.07, 6.45) is 0. The fraction of sp³-hybridized carbons (Fsp3) is 0.143. The molecule has 6 nitrogen and oxygen atoms in total. The van der Waals surface area contributed by atoms with Crippen LogP contribution >= 0.6 is 0 Å². The lowest BCUT2D eigenvalue weighted by atomic mass is 10.1. The molecule has 0 aliphatic rings. The van der Waals surface area contributed by atoms with Crippen molar-refractivity contribution >= 4 is 22.7 Å². The fourth-order valence-electron chi connectivity index (χ4n) is 3.47. The summed E-state index contributed by atoms with van der Waals surface area (Å²) in [6.45, 7) is 4.86. The van der Waals surface area contributed by atoms with Crippen LogP contribution < -0.4 is 18.9 Å². The minimum atomic E-state index is -0.525. The molecule has 0 amide bonds. The zero-order chi connectivity index (χ0) is 23.9. The largest absolute Gasteiger partial charge is 0.494 e. The molecular weight excluding hydrogens is 432 g/mol. The lowest BCUT2D eigenvalue weighted by molar-refractivity contribution is 0.0735. The van der Waals surface area contributed by atoms with E-state index >= 15 is 0 Å². The number of esters is 2. The van der Waals surface area contributed by atoms with Gasteiger partial charge in [0, 0.05) is 0 Å². The van der Waals surface area contributed by atoms with Crippen LogP contribution in [0, 0.1) is 0 Å². The third kappa shape index (κ3) is 5.18. The van der Waals surface area contributed by atoms with Crippen molar-refractivity contribution in [1.82, 2.24) is 0 Å². The van der Waals surface area contributed by atoms with Gasteiger partial charge in [0.15, 0.2) is 0 Å². The number of ether oxygens (including phenoxy) is 4. The first-order chi connectivity index (χ1) is 16.6. The minimum absolute atomic E-state index is 0.298. The molecule has 0 spiro atoms. The maximum Gasteiger partial charge on any atom is 0.343 e. The Hall–Kier alpha value is -4.32. The Kier molecular flexibility index (Phi) is 7.08. The molecule has 0 unspecified atom stereocenters. The molecular formula is C28H24O6. The summed E-state index contributed by atoms with van der Waals surface area (Å²) in [5.74, 6) is 0.893. The van der Waals surface area contributed by atoms with Crippen LogP contribution in [-0.2, 0) is 0 Å². The van der Waals surface area contributed by atoms with Crippen molar-refractivity contribution in [3.05, 3.63) is 96.1 Å². The third-order valence-corrected chi connectivity index (χ3v) is 5.04. The highest BCUT2D eigenvalue weighted by Gasteiger charge is 2.17. The van der Waals surface area contributed by atoms with E-state index in [9.17, 15) is 9.59 Å². The summed E-state index contributed by atoms with van der Waals surface area (Å²) >= 11 is 0. The molecule has 0 aliphatic heterocycles. The van der Waals surface area contributed by atoms with Gasteiger partial charge in [0.2, 0.25) is 0 Å². The SMILES string of the molecule is CCOc1ccc(C(=O)Oc2cccc3cccc(OC(=O)c4ccc(OCC)cc4)c23)cc1. The Morgan fingerprint density at radius 1 is 0.588 bits per heavy atom. The van der Waals surface area contributed by atoms with Crippen LogP contribution in [0.4, 0.5) is 0 Å². The molecule has 34 heavy (non-hydrogen) atoms. The maximum absolute atomic E-state index is 12.8. The third-order valence-electron chi connectivity index (χ3n) is 5.04. The van der Waals surface area contributed by atoms with Crippen LogP contribution in [0.15, 0.2) is 84.9 Å². The number of hydrogen-bond acceptors (Lipinski definition) is 6. The summed E-state index contributed by atoms with van der Waals surface area (Å²) in [5, 5.41) is 1.30. The van der Waals surface area contributed by atoms with Gasteiger partial charge < -0.3 is 18.9 Å². The molecule has 0 radical (unpaired) electrons. The number of fused-ring (bicyclic) bond motifs is 1. The molecule has 0 N–H and O–H groups in total. The van der Waals surface area contributed by atoms with Crippen LogP contribution in [0.1, 0.15) is 34.6 Å². The Balaban J connectivity index is 1.59. The van der Waals surface area contributed by atoms with Crippen molar-refractivity contribution in [2.75, 3.05) is 13.2 Å². The molecule has 0 aromatic heterocycles. The van der Waals surface area contributed by atoms with E-state index in [-0.39, 0.29) is 0 Å². The van der Waals surface area contributed by atoms with E-state index in [0.717, 1.165) is 5.39 Å². The van der Waals surface area contributed by atoms with Gasteiger partial charge >= 0.3 is 11.9 Å². The van der Waals surface area contributed by atoms with Crippen LogP contribution in [0.25, 0.3) is 10.8 Å². The summed E-state index contributed by atoms with van der Waals surface area (Å²) in [5.41, 5.74) is 0.758. The second-order valence-electron chi connectivity index (χ2n) is 7.30. The van der Waals surface area contributed by atoms with Crippen molar-refractivity contribution in [2.24, 2.45) is 0 Å². The summed E-state index contributed by atoms with van der Waals surface area (Å²) in [7, 11) is 0. The van der Waals surface area contributed by atoms with Crippen LogP contribution in [0.5, 0.6) is 23.0 Å². The van der Waals surface area contributed by atoms with Gasteiger partial charge in [-0.25, -0.2) is 9.59 Å². The zero-order valence-electron chi connectivity index (χ0n) is 18.9. The summed E-state index contributed by atoms with van der Waals surface area (Å²) < 4.78 is 22.2. The zero-order valence-corrected chi connectivity index (χ0v) is 18.9. The summed E-state index contributed by atoms with van der Waals surface area (Å²) in [4.78, 5) is 25.6. The highest BCUT2D eigenvalue weighted by atomic mass is 16.5. The number of carbonyl (C=O) groups is 2. The van der Waals surface area contributed by atoms with Crippen LogP contribution in [0.3, 0.4) is 0 Å². The second-order valence-corrected chi connectivity index (χ2v) is 7.30. The standard InChI is InChI=1S/C28H24O6/c1-3-31-22-15-11-20(12-16-22)27(29)33-24-9-5-7-19-8-6-10-25(26(19)24)34-28(30)21-13-17-23(18-14-21)32-4-2/h5-18H,3-4H2,1-2H3. The van der Waals surface area contributed by atoms with Gasteiger partial charge in [-0.1, -0.05) is 24.3 Å². The Bertz CT molecular complexity index is 1190. The fourth-order valence-corrected chi connectivity index (χ4v) is 3.47. The molecule has 0 bridgehead atoms. The van der Waals surface area contributed by atoms with E-state index in [1.165, 1.54) is 0 Å². The number of rotatable bonds is 8. The van der Waals surface area contributed by atoms with E-state index in [2.05, 4.69) is 0 Å². The molecule has 0 heterocycles. The Labute approximate surface area is 197 Å². The number of carbonyl (C=O) groups excluding carboxylic acids is 2. The van der Waals surface area contributed by atoms with Gasteiger partial charge in [0.05, 0.1) is 29.7 Å². The van der Waals surface area contributed by atoms with Gasteiger partial charge in [-0.2, -0.15) is 0 Å². The average Bonchev–Trinajstić information content (AvgIpc) is 2.85. The smallest absolute Gasteiger partial charge is 0.343 e. The van der Waals surface area contributed by atoms with E-state index in [1.807, 2.05) is 26.0 Å². The van der Waals surface area contributed by atoms with E-state index < -0.39 is 11.9 Å². The van der Waals surface area contributed by atoms with Gasteiger partial charge in [0.25, 0.3) is 0 Å². The van der Waals surface area contributed by atoms with Gasteiger partial charge in [-0.05, 0) is 79.9 Å². The quantitative estimate of drug-likeness (QED) is 0.237. The predicted octanol–water partition coefficient (Wildman–Crippen LogP) is 6.08. The van der Waals surface area contributed by atoms with Crippen molar-refractivity contribution in [1.29, 1.82) is 0 Å². The van der Waals surface area contributed by atoms with Gasteiger partial charge in [-0.3, -0.25) is 0 Å². The van der Waals surface area contributed by atoms with E-state index in [0.29, 0.717) is 52.7 Å². The molecule has 4 aromatic carbocycles. The number of benzene rings is 4. The first-order valence-electron chi connectivity index (χ1n) is 11.0. The van der Waals surface area contributed by atoms with Crippen LogP contribution in [0.2, 0.25) is 0 Å². The lowest BCUT2D eigenvalue weighted by Crippen LogP contribution is -2.11. The first kappa shape index (κ1) is 22.9. The van der Waals surface area contributed by atoms with Crippen molar-refractivity contribution in [3.8, 4) is 23.0 Å². The number of hydrogen-bond donors (Lipinski definition) is 0. The lowest BCUT2D eigenvalue weighted by Gasteiger charge is -2.12. The molecule has 6 heteroatoms. The molecule has 0 saturated carbocycles. The molecule has 0 aliphatic carbocycles. The van der Waals surface area contributed by atoms with Crippen molar-refractivity contribution in [2.45, 2.75) is 13.8 Å². The highest BCUT2D eigenvalue weighted by Crippen LogP contribution is 2.35. The van der Waals surface area contributed by atoms with Crippen molar-refractivity contribution in [3.63, 3.8) is 0 Å².